The predicted octanol–water partition coefficient (Wildman–Crippen LogP) is 4.26. The van der Waals surface area contributed by atoms with E-state index in [9.17, 15) is 4.79 Å². The van der Waals surface area contributed by atoms with Gasteiger partial charge in [-0.15, -0.1) is 0 Å². The normalized spacial score (nSPS) is 10.9. The van der Waals surface area contributed by atoms with Gasteiger partial charge in [0.15, 0.2) is 5.58 Å². The molecule has 0 amide bonds. The number of carboxylic acid groups (broad SMARTS) is 1. The van der Waals surface area contributed by atoms with E-state index < -0.39 is 5.97 Å². The van der Waals surface area contributed by atoms with Crippen molar-refractivity contribution in [3.63, 3.8) is 0 Å². The monoisotopic (exact) mass is 331 g/mol. The molecule has 0 unspecified atom stereocenters. The second-order valence-electron chi connectivity index (χ2n) is 4.47. The SMILES string of the molecule is Cc1cc(Br)ccc1-c1nc2ccc(C(=O)O)cc2o1. The summed E-state index contributed by atoms with van der Waals surface area (Å²) in [5.74, 6) is -0.489. The molecule has 2 aromatic carbocycles. The van der Waals surface area contributed by atoms with Crippen molar-refractivity contribution in [1.82, 2.24) is 4.98 Å². The number of nitrogens with zero attached hydrogens (tertiary/aromatic N) is 1. The molecule has 0 saturated heterocycles. The zero-order valence-corrected chi connectivity index (χ0v) is 12.1. The predicted molar refractivity (Wildman–Crippen MR) is 78.8 cm³/mol. The molecule has 1 aromatic heterocycles. The summed E-state index contributed by atoms with van der Waals surface area (Å²) in [6.07, 6.45) is 0. The summed E-state index contributed by atoms with van der Waals surface area (Å²) in [5, 5.41) is 8.98. The largest absolute Gasteiger partial charge is 0.478 e. The number of carbonyl (C=O) groups is 1. The molecule has 0 aliphatic carbocycles. The lowest BCUT2D eigenvalue weighted by Crippen LogP contribution is -1.94. The van der Waals surface area contributed by atoms with Crippen LogP contribution in [0.5, 0.6) is 0 Å². The first-order valence-electron chi connectivity index (χ1n) is 5.95. The molecule has 100 valence electrons. The number of aryl methyl sites for hydroxylation is 1. The van der Waals surface area contributed by atoms with Crippen LogP contribution in [0.15, 0.2) is 45.3 Å². The highest BCUT2D eigenvalue weighted by Gasteiger charge is 2.12. The van der Waals surface area contributed by atoms with Gasteiger partial charge in [0.1, 0.15) is 5.52 Å². The number of benzene rings is 2. The molecule has 5 heteroatoms. The van der Waals surface area contributed by atoms with Crippen molar-refractivity contribution >= 4 is 33.0 Å². The number of hydrogen-bond donors (Lipinski definition) is 1. The van der Waals surface area contributed by atoms with Crippen molar-refractivity contribution in [2.24, 2.45) is 0 Å². The molecule has 3 aromatic rings. The molecule has 0 spiro atoms. The lowest BCUT2D eigenvalue weighted by atomic mass is 10.1. The molecule has 0 saturated carbocycles. The molecule has 0 fully saturated rings. The summed E-state index contributed by atoms with van der Waals surface area (Å²) in [6.45, 7) is 1.97. The summed E-state index contributed by atoms with van der Waals surface area (Å²) < 4.78 is 6.66. The zero-order valence-electron chi connectivity index (χ0n) is 10.6. The van der Waals surface area contributed by atoms with Crippen LogP contribution >= 0.6 is 15.9 Å². The highest BCUT2D eigenvalue weighted by Crippen LogP contribution is 2.29. The van der Waals surface area contributed by atoms with Crippen LogP contribution in [0.1, 0.15) is 15.9 Å². The Hall–Kier alpha value is -2.14. The van der Waals surface area contributed by atoms with Gasteiger partial charge in [0.25, 0.3) is 0 Å². The minimum absolute atomic E-state index is 0.188. The summed E-state index contributed by atoms with van der Waals surface area (Å²) >= 11 is 3.41. The van der Waals surface area contributed by atoms with Gasteiger partial charge in [-0.3, -0.25) is 0 Å². The highest BCUT2D eigenvalue weighted by atomic mass is 79.9. The van der Waals surface area contributed by atoms with Crippen molar-refractivity contribution in [3.05, 3.63) is 52.0 Å². The topological polar surface area (TPSA) is 63.3 Å². The van der Waals surface area contributed by atoms with Gasteiger partial charge in [-0.05, 0) is 48.9 Å². The van der Waals surface area contributed by atoms with Gasteiger partial charge in [-0.1, -0.05) is 15.9 Å². The van der Waals surface area contributed by atoms with Crippen molar-refractivity contribution in [2.45, 2.75) is 6.92 Å². The van der Waals surface area contributed by atoms with Gasteiger partial charge in [0.2, 0.25) is 5.89 Å². The van der Waals surface area contributed by atoms with E-state index in [4.69, 9.17) is 9.52 Å². The second kappa shape index (κ2) is 4.76. The first-order valence-corrected chi connectivity index (χ1v) is 6.74. The Morgan fingerprint density at radius 3 is 2.75 bits per heavy atom. The average molecular weight is 332 g/mol. The number of oxazole rings is 1. The minimum Gasteiger partial charge on any atom is -0.478 e. The summed E-state index contributed by atoms with van der Waals surface area (Å²) in [4.78, 5) is 15.3. The van der Waals surface area contributed by atoms with E-state index in [1.165, 1.54) is 12.1 Å². The van der Waals surface area contributed by atoms with Crippen LogP contribution in [-0.2, 0) is 0 Å². The second-order valence-corrected chi connectivity index (χ2v) is 5.38. The van der Waals surface area contributed by atoms with Crippen molar-refractivity contribution in [3.8, 4) is 11.5 Å². The van der Waals surface area contributed by atoms with Gasteiger partial charge in [0, 0.05) is 10.0 Å². The molecule has 0 aliphatic heterocycles. The Morgan fingerprint density at radius 1 is 1.25 bits per heavy atom. The number of halogens is 1. The third-order valence-corrected chi connectivity index (χ3v) is 3.55. The Labute approximate surface area is 123 Å². The molecule has 0 aliphatic rings. The van der Waals surface area contributed by atoms with E-state index in [1.54, 1.807) is 6.07 Å². The third-order valence-electron chi connectivity index (χ3n) is 3.05. The smallest absolute Gasteiger partial charge is 0.335 e. The number of rotatable bonds is 2. The number of aromatic carboxylic acids is 1. The maximum atomic E-state index is 10.9. The fourth-order valence-electron chi connectivity index (χ4n) is 2.04. The maximum Gasteiger partial charge on any atom is 0.335 e. The van der Waals surface area contributed by atoms with Gasteiger partial charge in [-0.2, -0.15) is 0 Å². The molecule has 20 heavy (non-hydrogen) atoms. The van der Waals surface area contributed by atoms with Crippen molar-refractivity contribution < 1.29 is 14.3 Å². The lowest BCUT2D eigenvalue weighted by molar-refractivity contribution is 0.0697. The minimum atomic E-state index is -0.982. The number of fused-ring (bicyclic) bond motifs is 1. The molecular formula is C15H10BrNO3. The number of aromatic nitrogens is 1. The molecule has 4 nitrogen and oxygen atoms in total. The van der Waals surface area contributed by atoms with Crippen molar-refractivity contribution in [2.75, 3.05) is 0 Å². The van der Waals surface area contributed by atoms with Crippen molar-refractivity contribution in [1.29, 1.82) is 0 Å². The van der Waals surface area contributed by atoms with Crippen LogP contribution in [0, 0.1) is 6.92 Å². The summed E-state index contributed by atoms with van der Waals surface area (Å²) in [5.41, 5.74) is 3.23. The van der Waals surface area contributed by atoms with Crippen LogP contribution in [-0.4, -0.2) is 16.1 Å². The quantitative estimate of drug-likeness (QED) is 0.761. The van der Waals surface area contributed by atoms with E-state index in [0.717, 1.165) is 15.6 Å². The fraction of sp³-hybridized carbons (Fsp3) is 0.0667. The van der Waals surface area contributed by atoms with Crippen LogP contribution in [0.2, 0.25) is 0 Å². The van der Waals surface area contributed by atoms with Crippen LogP contribution < -0.4 is 0 Å². The Bertz CT molecular complexity index is 823. The van der Waals surface area contributed by atoms with Crippen LogP contribution in [0.4, 0.5) is 0 Å². The van der Waals surface area contributed by atoms with E-state index in [-0.39, 0.29) is 5.56 Å². The van der Waals surface area contributed by atoms with Gasteiger partial charge < -0.3 is 9.52 Å². The Morgan fingerprint density at radius 2 is 2.05 bits per heavy atom. The first-order chi connectivity index (χ1) is 9.54. The summed E-state index contributed by atoms with van der Waals surface area (Å²) in [7, 11) is 0. The standard InChI is InChI=1S/C15H10BrNO3/c1-8-6-10(16)3-4-11(8)14-17-12-5-2-9(15(18)19)7-13(12)20-14/h2-7H,1H3,(H,18,19). The van der Waals surface area contributed by atoms with Gasteiger partial charge in [0.05, 0.1) is 5.56 Å². The van der Waals surface area contributed by atoms with Gasteiger partial charge >= 0.3 is 5.97 Å². The average Bonchev–Trinajstić information content (AvgIpc) is 2.80. The highest BCUT2D eigenvalue weighted by molar-refractivity contribution is 9.10. The van der Waals surface area contributed by atoms with Crippen LogP contribution in [0.25, 0.3) is 22.6 Å². The summed E-state index contributed by atoms with van der Waals surface area (Å²) in [6, 6.07) is 10.5. The number of hydrogen-bond acceptors (Lipinski definition) is 3. The van der Waals surface area contributed by atoms with E-state index >= 15 is 0 Å². The fourth-order valence-corrected chi connectivity index (χ4v) is 2.52. The van der Waals surface area contributed by atoms with Crippen LogP contribution in [0.3, 0.4) is 0 Å². The Kier molecular flexibility index (Phi) is 3.06. The molecule has 0 radical (unpaired) electrons. The van der Waals surface area contributed by atoms with E-state index in [0.29, 0.717) is 17.0 Å². The maximum absolute atomic E-state index is 10.9. The molecule has 0 bridgehead atoms. The first kappa shape index (κ1) is 12.9. The van der Waals surface area contributed by atoms with E-state index in [1.807, 2.05) is 25.1 Å². The van der Waals surface area contributed by atoms with E-state index in [2.05, 4.69) is 20.9 Å². The third kappa shape index (κ3) is 2.20. The zero-order chi connectivity index (χ0) is 14.3. The molecule has 1 N–H and O–H groups in total. The lowest BCUT2D eigenvalue weighted by Gasteiger charge is -2.01. The Balaban J connectivity index is 2.15. The van der Waals surface area contributed by atoms with Gasteiger partial charge in [-0.25, -0.2) is 9.78 Å². The molecule has 3 rings (SSSR count). The molecule has 1 heterocycles. The molecule has 0 atom stereocenters. The molecular weight excluding hydrogens is 322 g/mol. The number of carboxylic acids is 1.